The Bertz CT molecular complexity index is 913. The van der Waals surface area contributed by atoms with E-state index in [-0.39, 0.29) is 6.54 Å². The van der Waals surface area contributed by atoms with Crippen molar-refractivity contribution in [3.05, 3.63) is 34.3 Å². The van der Waals surface area contributed by atoms with Gasteiger partial charge in [-0.1, -0.05) is 0 Å². The zero-order valence-corrected chi connectivity index (χ0v) is 17.0. The molecular weight excluding hydrogens is 435 g/mol. The Hall–Kier alpha value is -2.03. The van der Waals surface area contributed by atoms with Gasteiger partial charge in [-0.2, -0.15) is 13.2 Å². The van der Waals surface area contributed by atoms with Gasteiger partial charge in [0.1, 0.15) is 10.8 Å². The third-order valence-electron chi connectivity index (χ3n) is 3.91. The summed E-state index contributed by atoms with van der Waals surface area (Å²) in [7, 11) is -3.19. The molecule has 0 saturated carbocycles. The largest absolute Gasteiger partial charge is 0.490 e. The molecule has 2 aromatic rings. The lowest BCUT2D eigenvalue weighted by molar-refractivity contribution is -0.192. The van der Waals surface area contributed by atoms with Crippen LogP contribution in [0.25, 0.3) is 0 Å². The van der Waals surface area contributed by atoms with E-state index in [1.807, 2.05) is 11.6 Å². The Balaban J connectivity index is 0.000000370. The summed E-state index contributed by atoms with van der Waals surface area (Å²) in [6.07, 6.45) is 0.550. The second-order valence-corrected chi connectivity index (χ2v) is 8.98. The highest BCUT2D eigenvalue weighted by atomic mass is 32.2. The molecule has 0 aromatic carbocycles. The predicted octanol–water partition coefficient (Wildman–Crippen LogP) is 1.08. The lowest BCUT2D eigenvalue weighted by Gasteiger charge is -2.18. The van der Waals surface area contributed by atoms with Crippen molar-refractivity contribution < 1.29 is 31.5 Å². The van der Waals surface area contributed by atoms with E-state index in [4.69, 9.17) is 9.90 Å². The fourth-order valence-electron chi connectivity index (χ4n) is 2.56. The quantitative estimate of drug-likeness (QED) is 0.693. The molecule has 0 spiro atoms. The zero-order chi connectivity index (χ0) is 21.7. The number of carbonyl (C=O) groups is 1. The topological polar surface area (TPSA) is 117 Å². The molecule has 0 amide bonds. The highest BCUT2D eigenvalue weighted by Crippen LogP contribution is 2.15. The van der Waals surface area contributed by atoms with Gasteiger partial charge in [0.05, 0.1) is 25.0 Å². The first-order chi connectivity index (χ1) is 13.5. The average molecular weight is 455 g/mol. The lowest BCUT2D eigenvalue weighted by Crippen LogP contribution is -2.27. The molecule has 0 saturated heterocycles. The van der Waals surface area contributed by atoms with E-state index >= 15 is 0 Å². The van der Waals surface area contributed by atoms with Gasteiger partial charge in [0.2, 0.25) is 10.0 Å². The number of alkyl halides is 3. The Labute approximate surface area is 169 Å². The summed E-state index contributed by atoms with van der Waals surface area (Å²) in [6.45, 7) is 3.82. The van der Waals surface area contributed by atoms with E-state index in [1.165, 1.54) is 6.26 Å². The van der Waals surface area contributed by atoms with Gasteiger partial charge in [-0.15, -0.1) is 11.3 Å². The van der Waals surface area contributed by atoms with E-state index in [2.05, 4.69) is 24.2 Å². The fraction of sp³-hybridized carbons (Fsp3) is 0.533. The minimum absolute atomic E-state index is 0.290. The molecule has 162 valence electrons. The van der Waals surface area contributed by atoms with E-state index < -0.39 is 22.2 Å². The maximum absolute atomic E-state index is 11.2. The summed E-state index contributed by atoms with van der Waals surface area (Å²) < 4.78 is 58.9. The third kappa shape index (κ3) is 7.72. The monoisotopic (exact) mass is 455 g/mol. The van der Waals surface area contributed by atoms with E-state index in [9.17, 15) is 21.6 Å². The highest BCUT2D eigenvalue weighted by molar-refractivity contribution is 7.88. The minimum Gasteiger partial charge on any atom is -0.475 e. The van der Waals surface area contributed by atoms with E-state index in [0.717, 1.165) is 49.1 Å². The first-order valence-corrected chi connectivity index (χ1v) is 11.1. The van der Waals surface area contributed by atoms with Gasteiger partial charge in [-0.25, -0.2) is 27.9 Å². The number of hydrogen-bond donors (Lipinski definition) is 2. The van der Waals surface area contributed by atoms with Gasteiger partial charge in [-0.05, 0) is 0 Å². The molecule has 3 heterocycles. The molecule has 14 heteroatoms. The van der Waals surface area contributed by atoms with Crippen LogP contribution in [-0.4, -0.2) is 64.5 Å². The number of rotatable bonds is 5. The summed E-state index contributed by atoms with van der Waals surface area (Å²) in [5.74, 6) is -1.74. The third-order valence-corrected chi connectivity index (χ3v) is 5.35. The van der Waals surface area contributed by atoms with E-state index in [1.54, 1.807) is 17.5 Å². The van der Waals surface area contributed by atoms with Gasteiger partial charge >= 0.3 is 12.1 Å². The maximum Gasteiger partial charge on any atom is 0.490 e. The van der Waals surface area contributed by atoms with Crippen LogP contribution in [0.4, 0.5) is 13.2 Å². The number of carboxylic acids is 1. The lowest BCUT2D eigenvalue weighted by atomic mass is 10.4. The second kappa shape index (κ2) is 9.65. The summed E-state index contributed by atoms with van der Waals surface area (Å²) in [5, 5.41) is 10.2. The van der Waals surface area contributed by atoms with Crippen LogP contribution >= 0.6 is 11.3 Å². The van der Waals surface area contributed by atoms with Crippen LogP contribution < -0.4 is 4.72 Å². The molecule has 0 aliphatic carbocycles. The van der Waals surface area contributed by atoms with Crippen molar-refractivity contribution >= 4 is 27.3 Å². The molecule has 2 aromatic heterocycles. The Morgan fingerprint density at radius 2 is 2.00 bits per heavy atom. The van der Waals surface area contributed by atoms with Crippen LogP contribution in [0.2, 0.25) is 0 Å². The number of aliphatic carboxylic acids is 1. The highest BCUT2D eigenvalue weighted by Gasteiger charge is 2.38. The summed E-state index contributed by atoms with van der Waals surface area (Å²) in [4.78, 5) is 20.0. The Morgan fingerprint density at radius 1 is 1.31 bits per heavy atom. The van der Waals surface area contributed by atoms with Gasteiger partial charge in [0.25, 0.3) is 0 Å². The maximum atomic E-state index is 11.2. The first-order valence-electron chi connectivity index (χ1n) is 8.34. The molecule has 3 rings (SSSR count). The molecule has 0 radical (unpaired) electrons. The van der Waals surface area contributed by atoms with Crippen molar-refractivity contribution in [2.45, 2.75) is 32.2 Å². The summed E-state index contributed by atoms with van der Waals surface area (Å²) in [5.41, 5.74) is 0.913. The molecule has 0 unspecified atom stereocenters. The molecule has 2 N–H and O–H groups in total. The average Bonchev–Trinajstić information content (AvgIpc) is 3.19. The SMILES string of the molecule is CS(=O)(=O)NCc1cnc2n1CCN(Cc1nccs1)CC2.O=C(O)C(F)(F)F. The molecule has 29 heavy (non-hydrogen) atoms. The van der Waals surface area contributed by atoms with Crippen LogP contribution in [0.1, 0.15) is 16.5 Å². The number of halogens is 3. The summed E-state index contributed by atoms with van der Waals surface area (Å²) >= 11 is 1.67. The molecule has 1 aliphatic heterocycles. The van der Waals surface area contributed by atoms with Crippen molar-refractivity contribution in [3.63, 3.8) is 0 Å². The number of aromatic nitrogens is 3. The van der Waals surface area contributed by atoms with Gasteiger partial charge in [0, 0.05) is 43.8 Å². The van der Waals surface area contributed by atoms with Crippen LogP contribution in [0.3, 0.4) is 0 Å². The van der Waals surface area contributed by atoms with Crippen LogP contribution in [0.15, 0.2) is 17.8 Å². The fourth-order valence-corrected chi connectivity index (χ4v) is 3.63. The van der Waals surface area contributed by atoms with Crippen molar-refractivity contribution in [3.8, 4) is 0 Å². The standard InChI is InChI=1S/C13H19N5O2S2.C2HF3O2/c1-22(19,20)16-9-11-8-15-12-2-4-17(5-6-18(11)12)10-13-14-3-7-21-13;3-2(4,5)1(6)7/h3,7-8,16H,2,4-6,9-10H2,1H3;(H,6,7). The van der Waals surface area contributed by atoms with Crippen LogP contribution in [0, 0.1) is 0 Å². The van der Waals surface area contributed by atoms with Crippen LogP contribution in [0.5, 0.6) is 0 Å². The number of hydrogen-bond acceptors (Lipinski definition) is 7. The zero-order valence-electron chi connectivity index (χ0n) is 15.4. The summed E-state index contributed by atoms with van der Waals surface area (Å²) in [6, 6.07) is 0. The number of nitrogens with zero attached hydrogens (tertiary/aromatic N) is 4. The Morgan fingerprint density at radius 3 is 2.55 bits per heavy atom. The number of nitrogens with one attached hydrogen (secondary N) is 1. The smallest absolute Gasteiger partial charge is 0.475 e. The number of imidazole rings is 1. The number of thiazole rings is 1. The van der Waals surface area contributed by atoms with Crippen molar-refractivity contribution in [2.24, 2.45) is 0 Å². The van der Waals surface area contributed by atoms with Gasteiger partial charge in [-0.3, -0.25) is 4.90 Å². The molecule has 9 nitrogen and oxygen atoms in total. The van der Waals surface area contributed by atoms with E-state index in [0.29, 0.717) is 0 Å². The number of fused-ring (bicyclic) bond motifs is 1. The van der Waals surface area contributed by atoms with Crippen molar-refractivity contribution in [1.29, 1.82) is 0 Å². The predicted molar refractivity (Wildman–Crippen MR) is 98.7 cm³/mol. The minimum atomic E-state index is -5.08. The van der Waals surface area contributed by atoms with Gasteiger partial charge in [0.15, 0.2) is 0 Å². The number of sulfonamides is 1. The molecule has 0 atom stereocenters. The molecule has 0 bridgehead atoms. The Kier molecular flexibility index (Phi) is 7.73. The normalized spacial score (nSPS) is 15.2. The first kappa shape index (κ1) is 23.3. The second-order valence-electron chi connectivity index (χ2n) is 6.17. The van der Waals surface area contributed by atoms with Gasteiger partial charge < -0.3 is 9.67 Å². The molecule has 0 fully saturated rings. The molecule has 1 aliphatic rings. The molecular formula is C15H20F3N5O4S2. The van der Waals surface area contributed by atoms with Crippen molar-refractivity contribution in [2.75, 3.05) is 19.3 Å². The van der Waals surface area contributed by atoms with Crippen LogP contribution in [-0.2, 0) is 40.9 Å². The van der Waals surface area contributed by atoms with Crippen molar-refractivity contribution in [1.82, 2.24) is 24.2 Å². The number of carboxylic acid groups (broad SMARTS) is 1.